The van der Waals surface area contributed by atoms with Gasteiger partial charge in [0.25, 0.3) is 0 Å². The maximum atomic E-state index is 12.2. The van der Waals surface area contributed by atoms with E-state index >= 15 is 0 Å². The van der Waals surface area contributed by atoms with E-state index in [1.54, 1.807) is 18.2 Å². The number of halogens is 1. The first kappa shape index (κ1) is 15.7. The Balaban J connectivity index is 2.30. The van der Waals surface area contributed by atoms with E-state index in [0.717, 1.165) is 0 Å². The lowest BCUT2D eigenvalue weighted by atomic mass is 10.2. The predicted octanol–water partition coefficient (Wildman–Crippen LogP) is 3.45. The van der Waals surface area contributed by atoms with Gasteiger partial charge in [0.2, 0.25) is 0 Å². The Morgan fingerprint density at radius 1 is 1.18 bits per heavy atom. The first-order valence-electron chi connectivity index (χ1n) is 6.23. The van der Waals surface area contributed by atoms with Crippen LogP contribution in [0.25, 0.3) is 0 Å². The minimum Gasteiger partial charge on any atom is -0.493 e. The summed E-state index contributed by atoms with van der Waals surface area (Å²) in [5.41, 5.74) is 0.612. The molecule has 2 aromatic rings. The number of rotatable bonds is 4. The van der Waals surface area contributed by atoms with Crippen LogP contribution in [0, 0.1) is 11.3 Å². The minimum absolute atomic E-state index is 0.213. The van der Waals surface area contributed by atoms with Crippen LogP contribution in [0.3, 0.4) is 0 Å². The van der Waals surface area contributed by atoms with E-state index in [-0.39, 0.29) is 16.3 Å². The topological polar surface area (TPSA) is 68.5 Å². The number of carbonyl (C=O) groups excluding carboxylic acids is 1. The number of hydrogen-bond acceptors (Lipinski definition) is 5. The van der Waals surface area contributed by atoms with Crippen molar-refractivity contribution in [3.8, 4) is 23.3 Å². The first-order valence-corrected chi connectivity index (χ1v) is 6.60. The summed E-state index contributed by atoms with van der Waals surface area (Å²) in [7, 11) is 2.90. The van der Waals surface area contributed by atoms with Crippen LogP contribution in [-0.2, 0) is 0 Å². The van der Waals surface area contributed by atoms with Crippen LogP contribution >= 0.6 is 11.6 Å². The van der Waals surface area contributed by atoms with Gasteiger partial charge in [-0.2, -0.15) is 5.26 Å². The third kappa shape index (κ3) is 3.30. The summed E-state index contributed by atoms with van der Waals surface area (Å²) in [4.78, 5) is 12.2. The summed E-state index contributed by atoms with van der Waals surface area (Å²) in [6.07, 6.45) is 0. The second kappa shape index (κ2) is 6.83. The second-order valence-corrected chi connectivity index (χ2v) is 4.63. The highest BCUT2D eigenvalue weighted by Crippen LogP contribution is 2.36. The van der Waals surface area contributed by atoms with E-state index in [0.29, 0.717) is 17.1 Å². The van der Waals surface area contributed by atoms with Crippen LogP contribution in [0.5, 0.6) is 17.2 Å². The number of ether oxygens (including phenoxy) is 3. The van der Waals surface area contributed by atoms with E-state index in [4.69, 9.17) is 31.1 Å². The quantitative estimate of drug-likeness (QED) is 0.638. The van der Waals surface area contributed by atoms with Gasteiger partial charge in [0.1, 0.15) is 5.75 Å². The maximum Gasteiger partial charge on any atom is 0.343 e. The standard InChI is InChI=1S/C16H12ClNO4/c1-20-14-8-11(7-13(17)15(14)21-2)16(19)22-12-5-3-4-10(6-12)9-18/h3-8H,1-2H3. The number of methoxy groups -OCH3 is 2. The molecule has 0 heterocycles. The summed E-state index contributed by atoms with van der Waals surface area (Å²) in [5, 5.41) is 9.07. The zero-order chi connectivity index (χ0) is 16.1. The SMILES string of the molecule is COc1cc(C(=O)Oc2cccc(C#N)c2)cc(Cl)c1OC. The third-order valence-electron chi connectivity index (χ3n) is 2.84. The van der Waals surface area contributed by atoms with Crippen molar-refractivity contribution in [2.24, 2.45) is 0 Å². The third-order valence-corrected chi connectivity index (χ3v) is 3.12. The van der Waals surface area contributed by atoms with Crippen LogP contribution < -0.4 is 14.2 Å². The molecule has 0 aliphatic rings. The Morgan fingerprint density at radius 3 is 2.59 bits per heavy atom. The molecule has 5 nitrogen and oxygen atoms in total. The van der Waals surface area contributed by atoms with E-state index in [1.165, 1.54) is 32.4 Å². The highest BCUT2D eigenvalue weighted by atomic mass is 35.5. The Labute approximate surface area is 132 Å². The highest BCUT2D eigenvalue weighted by Gasteiger charge is 2.16. The van der Waals surface area contributed by atoms with Gasteiger partial charge in [-0.1, -0.05) is 17.7 Å². The molecule has 0 saturated carbocycles. The molecule has 0 spiro atoms. The van der Waals surface area contributed by atoms with Crippen LogP contribution in [0.1, 0.15) is 15.9 Å². The van der Waals surface area contributed by atoms with Gasteiger partial charge in [0.05, 0.1) is 36.4 Å². The summed E-state index contributed by atoms with van der Waals surface area (Å²) in [6, 6.07) is 11.2. The van der Waals surface area contributed by atoms with E-state index in [2.05, 4.69) is 0 Å². The van der Waals surface area contributed by atoms with Crippen molar-refractivity contribution in [1.29, 1.82) is 5.26 Å². The van der Waals surface area contributed by atoms with Gasteiger partial charge in [-0.3, -0.25) is 0 Å². The lowest BCUT2D eigenvalue weighted by Crippen LogP contribution is -2.09. The number of hydrogen-bond donors (Lipinski definition) is 0. The predicted molar refractivity (Wildman–Crippen MR) is 80.7 cm³/mol. The number of carbonyl (C=O) groups is 1. The number of nitrogens with zero attached hydrogens (tertiary/aromatic N) is 1. The molecule has 0 fully saturated rings. The number of nitriles is 1. The molecule has 112 valence electrons. The number of benzene rings is 2. The molecule has 6 heteroatoms. The van der Waals surface area contributed by atoms with Gasteiger partial charge in [0.15, 0.2) is 11.5 Å². The highest BCUT2D eigenvalue weighted by molar-refractivity contribution is 6.32. The zero-order valence-electron chi connectivity index (χ0n) is 11.9. The molecule has 0 aliphatic carbocycles. The molecule has 0 N–H and O–H groups in total. The second-order valence-electron chi connectivity index (χ2n) is 4.22. The van der Waals surface area contributed by atoms with Gasteiger partial charge < -0.3 is 14.2 Å². The van der Waals surface area contributed by atoms with Crippen molar-refractivity contribution in [1.82, 2.24) is 0 Å². The van der Waals surface area contributed by atoms with Crippen molar-refractivity contribution in [3.63, 3.8) is 0 Å². The summed E-state index contributed by atoms with van der Waals surface area (Å²) in [6.45, 7) is 0. The van der Waals surface area contributed by atoms with Crippen LogP contribution in [0.2, 0.25) is 5.02 Å². The van der Waals surface area contributed by atoms with Crippen LogP contribution in [0.4, 0.5) is 0 Å². The summed E-state index contributed by atoms with van der Waals surface area (Å²) in [5.74, 6) is 0.327. The number of esters is 1. The molecular formula is C16H12ClNO4. The van der Waals surface area contributed by atoms with Crippen molar-refractivity contribution < 1.29 is 19.0 Å². The molecule has 0 atom stereocenters. The Morgan fingerprint density at radius 2 is 1.95 bits per heavy atom. The minimum atomic E-state index is -0.613. The molecule has 0 amide bonds. The molecule has 0 bridgehead atoms. The molecule has 0 radical (unpaired) electrons. The molecule has 0 unspecified atom stereocenters. The Hall–Kier alpha value is -2.71. The maximum absolute atomic E-state index is 12.2. The van der Waals surface area contributed by atoms with Gasteiger partial charge in [-0.05, 0) is 30.3 Å². The first-order chi connectivity index (χ1) is 10.6. The molecule has 22 heavy (non-hydrogen) atoms. The fraction of sp³-hybridized carbons (Fsp3) is 0.125. The summed E-state index contributed by atoms with van der Waals surface area (Å²) >= 11 is 6.05. The van der Waals surface area contributed by atoms with Gasteiger partial charge >= 0.3 is 5.97 Å². The normalized spacial score (nSPS) is 9.73. The monoisotopic (exact) mass is 317 g/mol. The van der Waals surface area contributed by atoms with Gasteiger partial charge in [-0.15, -0.1) is 0 Å². The van der Waals surface area contributed by atoms with E-state index in [9.17, 15) is 4.79 Å². The zero-order valence-corrected chi connectivity index (χ0v) is 12.7. The van der Waals surface area contributed by atoms with Crippen LogP contribution in [0.15, 0.2) is 36.4 Å². The van der Waals surface area contributed by atoms with E-state index < -0.39 is 5.97 Å². The fourth-order valence-electron chi connectivity index (χ4n) is 1.83. The van der Waals surface area contributed by atoms with Crippen LogP contribution in [-0.4, -0.2) is 20.2 Å². The van der Waals surface area contributed by atoms with Gasteiger partial charge in [-0.25, -0.2) is 4.79 Å². The molecule has 0 aromatic heterocycles. The van der Waals surface area contributed by atoms with Gasteiger partial charge in [0, 0.05) is 0 Å². The molecule has 0 saturated heterocycles. The van der Waals surface area contributed by atoms with Crippen molar-refractivity contribution in [3.05, 3.63) is 52.5 Å². The lowest BCUT2D eigenvalue weighted by Gasteiger charge is -2.11. The van der Waals surface area contributed by atoms with Crippen molar-refractivity contribution in [2.45, 2.75) is 0 Å². The Bertz CT molecular complexity index is 752. The average Bonchev–Trinajstić information content (AvgIpc) is 2.54. The average molecular weight is 318 g/mol. The largest absolute Gasteiger partial charge is 0.493 e. The molecule has 0 aliphatic heterocycles. The molecule has 2 rings (SSSR count). The molecular weight excluding hydrogens is 306 g/mol. The van der Waals surface area contributed by atoms with E-state index in [1.807, 2.05) is 6.07 Å². The fourth-order valence-corrected chi connectivity index (χ4v) is 2.12. The smallest absolute Gasteiger partial charge is 0.343 e. The molecule has 2 aromatic carbocycles. The Kier molecular flexibility index (Phi) is 4.87. The van der Waals surface area contributed by atoms with Crippen molar-refractivity contribution >= 4 is 17.6 Å². The van der Waals surface area contributed by atoms with Crippen molar-refractivity contribution in [2.75, 3.05) is 14.2 Å². The lowest BCUT2D eigenvalue weighted by molar-refractivity contribution is 0.0734. The summed E-state index contributed by atoms with van der Waals surface area (Å²) < 4.78 is 15.5.